The molecule has 4 nitrogen and oxygen atoms in total. The third-order valence-electron chi connectivity index (χ3n) is 2.63. The highest BCUT2D eigenvalue weighted by atomic mass is 32.2. The molecule has 0 atom stereocenters. The van der Waals surface area contributed by atoms with Gasteiger partial charge in [0.05, 0.1) is 10.6 Å². The highest BCUT2D eigenvalue weighted by molar-refractivity contribution is 7.92. The van der Waals surface area contributed by atoms with Crippen LogP contribution < -0.4 is 10.5 Å². The molecule has 3 N–H and O–H groups in total. The average Bonchev–Trinajstić information content (AvgIpc) is 2.32. The number of halogens is 2. The minimum atomic E-state index is -4.02. The van der Waals surface area contributed by atoms with E-state index >= 15 is 0 Å². The number of anilines is 2. The molecule has 0 aromatic heterocycles. The summed E-state index contributed by atoms with van der Waals surface area (Å²) in [5, 5.41) is 0. The molecule has 0 unspecified atom stereocenters. The zero-order valence-electron chi connectivity index (χ0n) is 10.5. The van der Waals surface area contributed by atoms with E-state index in [9.17, 15) is 17.2 Å². The van der Waals surface area contributed by atoms with Gasteiger partial charge in [-0.2, -0.15) is 0 Å². The van der Waals surface area contributed by atoms with E-state index in [4.69, 9.17) is 5.73 Å². The molecule has 0 saturated heterocycles. The summed E-state index contributed by atoms with van der Waals surface area (Å²) >= 11 is 0. The van der Waals surface area contributed by atoms with Crippen LogP contribution >= 0.6 is 0 Å². The predicted octanol–water partition coefficient (Wildman–Crippen LogP) is 2.66. The number of benzene rings is 2. The lowest BCUT2D eigenvalue weighted by atomic mass is 10.2. The van der Waals surface area contributed by atoms with Gasteiger partial charge in [0.2, 0.25) is 0 Å². The van der Waals surface area contributed by atoms with Crippen LogP contribution in [0.4, 0.5) is 20.2 Å². The van der Waals surface area contributed by atoms with Crippen molar-refractivity contribution < 1.29 is 17.2 Å². The quantitative estimate of drug-likeness (QED) is 0.856. The Labute approximate surface area is 115 Å². The molecule has 2 aromatic carbocycles. The third-order valence-corrected chi connectivity index (χ3v) is 3.99. The van der Waals surface area contributed by atoms with Gasteiger partial charge in [0.15, 0.2) is 0 Å². The first-order valence-corrected chi connectivity index (χ1v) is 7.11. The van der Waals surface area contributed by atoms with Gasteiger partial charge in [0.25, 0.3) is 10.0 Å². The van der Waals surface area contributed by atoms with Gasteiger partial charge in [-0.05, 0) is 42.8 Å². The van der Waals surface area contributed by atoms with Crippen LogP contribution in [-0.2, 0) is 10.0 Å². The molecule has 0 bridgehead atoms. The molecule has 0 amide bonds. The lowest BCUT2D eigenvalue weighted by Crippen LogP contribution is -2.13. The molecule has 0 spiro atoms. The van der Waals surface area contributed by atoms with E-state index in [0.717, 1.165) is 24.3 Å². The molecule has 2 aromatic rings. The van der Waals surface area contributed by atoms with Crippen LogP contribution in [0.1, 0.15) is 5.56 Å². The Balaban J connectivity index is 2.37. The lowest BCUT2D eigenvalue weighted by Gasteiger charge is -2.09. The molecule has 0 heterocycles. The highest BCUT2D eigenvalue weighted by Crippen LogP contribution is 2.21. The smallest absolute Gasteiger partial charge is 0.262 e. The Hall–Kier alpha value is -2.15. The number of sulfonamides is 1. The van der Waals surface area contributed by atoms with Crippen LogP contribution in [0, 0.1) is 18.6 Å². The van der Waals surface area contributed by atoms with E-state index in [0.29, 0.717) is 5.56 Å². The lowest BCUT2D eigenvalue weighted by molar-refractivity contribution is 0.595. The van der Waals surface area contributed by atoms with Crippen LogP contribution in [0.25, 0.3) is 0 Å². The van der Waals surface area contributed by atoms with Crippen LogP contribution in [0.5, 0.6) is 0 Å². The Bertz CT molecular complexity index is 741. The fraction of sp³-hybridized carbons (Fsp3) is 0.0769. The van der Waals surface area contributed by atoms with Crippen LogP contribution in [0.15, 0.2) is 41.3 Å². The van der Waals surface area contributed by atoms with E-state index in [1.54, 1.807) is 6.92 Å². The monoisotopic (exact) mass is 298 g/mol. The normalized spacial score (nSPS) is 11.3. The summed E-state index contributed by atoms with van der Waals surface area (Å²) in [5.41, 5.74) is 5.83. The van der Waals surface area contributed by atoms with Crippen molar-refractivity contribution in [3.8, 4) is 0 Å². The number of hydrogen-bond donors (Lipinski definition) is 2. The topological polar surface area (TPSA) is 72.2 Å². The Kier molecular flexibility index (Phi) is 3.63. The first-order chi connectivity index (χ1) is 9.28. The SMILES string of the molecule is Cc1ccc(NS(=O)(=O)c2cc(N)cc(F)c2)cc1F. The van der Waals surface area contributed by atoms with Gasteiger partial charge in [0.1, 0.15) is 11.6 Å². The zero-order valence-corrected chi connectivity index (χ0v) is 11.3. The third kappa shape index (κ3) is 3.05. The Morgan fingerprint density at radius 2 is 1.80 bits per heavy atom. The van der Waals surface area contributed by atoms with Crippen LogP contribution in [0.3, 0.4) is 0 Å². The molecule has 0 saturated carbocycles. The number of nitrogens with two attached hydrogens (primary N) is 1. The molecule has 0 fully saturated rings. The van der Waals surface area contributed by atoms with E-state index in [-0.39, 0.29) is 16.3 Å². The second-order valence-corrected chi connectivity index (χ2v) is 5.97. The summed E-state index contributed by atoms with van der Waals surface area (Å²) in [4.78, 5) is -0.323. The summed E-state index contributed by atoms with van der Waals surface area (Å²) < 4.78 is 52.8. The maximum atomic E-state index is 13.4. The van der Waals surface area contributed by atoms with Crippen LogP contribution in [-0.4, -0.2) is 8.42 Å². The highest BCUT2D eigenvalue weighted by Gasteiger charge is 2.16. The summed E-state index contributed by atoms with van der Waals surface area (Å²) in [5.74, 6) is -1.30. The second-order valence-electron chi connectivity index (χ2n) is 4.29. The van der Waals surface area contributed by atoms with Gasteiger partial charge in [-0.3, -0.25) is 4.72 Å². The van der Waals surface area contributed by atoms with Crippen molar-refractivity contribution in [3.63, 3.8) is 0 Å². The molecular weight excluding hydrogens is 286 g/mol. The zero-order chi connectivity index (χ0) is 14.9. The number of rotatable bonds is 3. The fourth-order valence-electron chi connectivity index (χ4n) is 1.61. The number of nitrogen functional groups attached to an aromatic ring is 1. The fourth-order valence-corrected chi connectivity index (χ4v) is 2.72. The van der Waals surface area contributed by atoms with Crippen molar-refractivity contribution in [1.29, 1.82) is 0 Å². The van der Waals surface area contributed by atoms with Gasteiger partial charge in [0, 0.05) is 5.69 Å². The Morgan fingerprint density at radius 3 is 2.40 bits per heavy atom. The van der Waals surface area contributed by atoms with Gasteiger partial charge >= 0.3 is 0 Å². The Morgan fingerprint density at radius 1 is 1.10 bits per heavy atom. The van der Waals surface area contributed by atoms with Gasteiger partial charge in [-0.1, -0.05) is 6.07 Å². The van der Waals surface area contributed by atoms with E-state index < -0.39 is 21.7 Å². The van der Waals surface area contributed by atoms with Gasteiger partial charge < -0.3 is 5.73 Å². The summed E-state index contributed by atoms with van der Waals surface area (Å²) in [7, 11) is -4.02. The van der Waals surface area contributed by atoms with Crippen LogP contribution in [0.2, 0.25) is 0 Å². The van der Waals surface area contributed by atoms with Crippen molar-refractivity contribution in [2.45, 2.75) is 11.8 Å². The summed E-state index contributed by atoms with van der Waals surface area (Å²) in [6.45, 7) is 1.56. The van der Waals surface area contributed by atoms with Crippen molar-refractivity contribution in [1.82, 2.24) is 0 Å². The molecule has 0 radical (unpaired) electrons. The minimum Gasteiger partial charge on any atom is -0.399 e. The summed E-state index contributed by atoms with van der Waals surface area (Å²) in [6.07, 6.45) is 0. The number of nitrogens with one attached hydrogen (secondary N) is 1. The second kappa shape index (κ2) is 5.09. The minimum absolute atomic E-state index is 0.0135. The molecule has 7 heteroatoms. The maximum Gasteiger partial charge on any atom is 0.262 e. The number of hydrogen-bond acceptors (Lipinski definition) is 3. The molecule has 2 rings (SSSR count). The van der Waals surface area contributed by atoms with Crippen molar-refractivity contribution >= 4 is 21.4 Å². The maximum absolute atomic E-state index is 13.4. The molecule has 0 aliphatic rings. The number of aryl methyl sites for hydroxylation is 1. The van der Waals surface area contributed by atoms with Crippen molar-refractivity contribution in [2.24, 2.45) is 0 Å². The molecule has 0 aliphatic carbocycles. The van der Waals surface area contributed by atoms with Crippen molar-refractivity contribution in [2.75, 3.05) is 10.5 Å². The first kappa shape index (κ1) is 14.3. The first-order valence-electron chi connectivity index (χ1n) is 5.63. The molecule has 106 valence electrons. The van der Waals surface area contributed by atoms with Crippen molar-refractivity contribution in [3.05, 3.63) is 53.6 Å². The molecule has 0 aliphatic heterocycles. The predicted molar refractivity (Wildman–Crippen MR) is 72.8 cm³/mol. The molecule has 20 heavy (non-hydrogen) atoms. The van der Waals surface area contributed by atoms with Gasteiger partial charge in [-0.25, -0.2) is 17.2 Å². The van der Waals surface area contributed by atoms with Gasteiger partial charge in [-0.15, -0.1) is 0 Å². The average molecular weight is 298 g/mol. The van der Waals surface area contributed by atoms with E-state index in [2.05, 4.69) is 4.72 Å². The molecular formula is C13H12F2N2O2S. The van der Waals surface area contributed by atoms with E-state index in [1.807, 2.05) is 0 Å². The standard InChI is InChI=1S/C13H12F2N2O2S/c1-8-2-3-11(7-13(8)15)17-20(18,19)12-5-9(14)4-10(16)6-12/h2-7,17H,16H2,1H3. The largest absolute Gasteiger partial charge is 0.399 e. The summed E-state index contributed by atoms with van der Waals surface area (Å²) in [6, 6.07) is 6.87. The van der Waals surface area contributed by atoms with E-state index in [1.165, 1.54) is 12.1 Å².